The first-order valence-corrected chi connectivity index (χ1v) is 18.8. The molecule has 1 saturated heterocycles. The van der Waals surface area contributed by atoms with Crippen LogP contribution >= 0.6 is 0 Å². The van der Waals surface area contributed by atoms with Crippen molar-refractivity contribution >= 4 is 0 Å². The summed E-state index contributed by atoms with van der Waals surface area (Å²) in [4.78, 5) is 44.5. The summed E-state index contributed by atoms with van der Waals surface area (Å²) in [7, 11) is 0. The van der Waals surface area contributed by atoms with Crippen molar-refractivity contribution in [1.82, 2.24) is 29.9 Å². The summed E-state index contributed by atoms with van der Waals surface area (Å²) < 4.78 is 2.12. The third kappa shape index (κ3) is 9.37. The first kappa shape index (κ1) is 39.3. The van der Waals surface area contributed by atoms with Gasteiger partial charge in [0.2, 0.25) is 18.6 Å². The van der Waals surface area contributed by atoms with Gasteiger partial charge in [-0.05, 0) is 92.5 Å². The molecule has 57 heavy (non-hydrogen) atoms. The lowest BCUT2D eigenvalue weighted by Gasteiger charge is -2.33. The highest BCUT2D eigenvalue weighted by molar-refractivity contribution is 5.43. The van der Waals surface area contributed by atoms with Crippen LogP contribution in [0.25, 0.3) is 0 Å². The van der Waals surface area contributed by atoms with Crippen LogP contribution < -0.4 is 0 Å². The number of nitroso groups, excluding NO2 is 3. The molecule has 7 heterocycles. The van der Waals surface area contributed by atoms with Gasteiger partial charge in [-0.3, -0.25) is 14.7 Å². The minimum atomic E-state index is 0.263. The van der Waals surface area contributed by atoms with E-state index < -0.39 is 0 Å². The average Bonchev–Trinajstić information content (AvgIpc) is 3.24. The van der Waals surface area contributed by atoms with Crippen molar-refractivity contribution in [3.05, 3.63) is 208 Å². The summed E-state index contributed by atoms with van der Waals surface area (Å²) >= 11 is 0. The lowest BCUT2D eigenvalue weighted by Crippen LogP contribution is -2.38. The third-order valence-corrected chi connectivity index (χ3v) is 10.3. The largest absolute Gasteiger partial charge is 0.754 e. The first-order chi connectivity index (χ1) is 27.4. The molecule has 0 bridgehead atoms. The highest BCUT2D eigenvalue weighted by atomic mass is 16.5. The number of hydrogen-bond donors (Lipinski definition) is 0. The summed E-state index contributed by atoms with van der Waals surface area (Å²) in [5.41, 5.74) is 6.37. The number of hydroxylamine groups is 6. The first-order valence-electron chi connectivity index (χ1n) is 18.8. The van der Waals surface area contributed by atoms with E-state index in [9.17, 15) is 30.3 Å². The van der Waals surface area contributed by atoms with Crippen LogP contribution in [-0.2, 0) is 0 Å². The molecule has 294 valence electrons. The van der Waals surface area contributed by atoms with Crippen molar-refractivity contribution in [1.29, 1.82) is 0 Å². The quantitative estimate of drug-likeness (QED) is 0.289. The Balaban J connectivity index is 1.07. The number of hydrogen-bond acceptors (Lipinski definition) is 12. The zero-order chi connectivity index (χ0) is 40.2. The van der Waals surface area contributed by atoms with Gasteiger partial charge in [0.25, 0.3) is 17.1 Å². The Morgan fingerprint density at radius 2 is 0.684 bits per heavy atom. The van der Waals surface area contributed by atoms with E-state index in [1.807, 2.05) is 39.0 Å². The Bertz CT molecular complexity index is 1980. The zero-order valence-electron chi connectivity index (χ0n) is 32.2. The molecule has 15 nitrogen and oxygen atoms in total. The average molecular weight is 772 g/mol. The van der Waals surface area contributed by atoms with Crippen LogP contribution in [0.2, 0.25) is 0 Å². The minimum absolute atomic E-state index is 0.263. The van der Waals surface area contributed by atoms with E-state index in [-0.39, 0.29) is 34.2 Å². The van der Waals surface area contributed by atoms with Crippen LogP contribution in [0.1, 0.15) is 20.8 Å². The minimum Gasteiger partial charge on any atom is -0.754 e. The van der Waals surface area contributed by atoms with E-state index in [1.165, 1.54) is 37.2 Å². The monoisotopic (exact) mass is 771 g/mol. The maximum atomic E-state index is 13.2. The van der Waals surface area contributed by atoms with Crippen LogP contribution in [0.15, 0.2) is 178 Å². The molecule has 0 N–H and O–H groups in total. The number of rotatable bonds is 6. The normalized spacial score (nSPS) is 26.6. The van der Waals surface area contributed by atoms with E-state index in [1.54, 1.807) is 54.7 Å². The van der Waals surface area contributed by atoms with Crippen LogP contribution in [-0.4, -0.2) is 103 Å². The number of nitrogens with zero attached hydrogens (tertiary/aromatic N) is 9. The van der Waals surface area contributed by atoms with Crippen molar-refractivity contribution in [3.63, 3.8) is 0 Å². The fourth-order valence-electron chi connectivity index (χ4n) is 7.22. The zero-order valence-corrected chi connectivity index (χ0v) is 32.2. The fourth-order valence-corrected chi connectivity index (χ4v) is 7.22. The van der Waals surface area contributed by atoms with E-state index in [2.05, 4.69) is 14.7 Å². The molecule has 0 aromatic heterocycles. The highest BCUT2D eigenvalue weighted by Crippen LogP contribution is 2.27. The Morgan fingerprint density at radius 1 is 0.421 bits per heavy atom. The molecule has 7 rings (SSSR count). The standard InChI is InChI=1S/C42H45N9O6/c1-31-4-10-37(46(52)22-31)40-13-7-34(28-49(40)55)25-43-16-18-44(26-35-8-14-41(50(56)29-35)38-11-5-32(2)23-47(38)53)20-21-45(19-17-43)27-36-9-15-42(51(57)30-36)39-12-6-33(3)24-48(39)54/h4-15,22-24,28-30H,16-21,25-27H2,1-3H3. The molecule has 0 amide bonds. The van der Waals surface area contributed by atoms with Crippen molar-refractivity contribution in [2.75, 3.05) is 58.9 Å². The molecule has 0 aromatic rings. The topological polar surface area (TPSA) is 149 Å². The van der Waals surface area contributed by atoms with Crippen molar-refractivity contribution < 1.29 is 14.3 Å². The lowest BCUT2D eigenvalue weighted by molar-refractivity contribution is -0.422. The van der Waals surface area contributed by atoms with Gasteiger partial charge in [-0.15, -0.1) is 0 Å². The molecule has 0 unspecified atom stereocenters. The Labute approximate surface area is 331 Å². The molecule has 15 heteroatoms. The van der Waals surface area contributed by atoms with Gasteiger partial charge in [0.15, 0.2) is 0 Å². The third-order valence-electron chi connectivity index (χ3n) is 10.3. The lowest BCUT2D eigenvalue weighted by atomic mass is 10.1. The molecule has 0 atom stereocenters. The van der Waals surface area contributed by atoms with E-state index >= 15 is 0 Å². The molecule has 0 aromatic carbocycles. The van der Waals surface area contributed by atoms with E-state index in [0.29, 0.717) is 73.2 Å². The molecule has 0 radical (unpaired) electrons. The summed E-state index contributed by atoms with van der Waals surface area (Å²) in [6.07, 6.45) is 29.8. The Morgan fingerprint density at radius 3 is 0.912 bits per heavy atom. The summed E-state index contributed by atoms with van der Waals surface area (Å²) in [6.45, 7) is 10.9. The van der Waals surface area contributed by atoms with Crippen LogP contribution in [0.4, 0.5) is 0 Å². The molecule has 0 aliphatic carbocycles. The fraction of sp³-hybridized carbons (Fsp3) is 0.286. The molecular weight excluding hydrogens is 727 g/mol. The van der Waals surface area contributed by atoms with Crippen molar-refractivity contribution in [2.24, 2.45) is 0 Å². The number of allylic oxidation sites excluding steroid dienone is 12. The van der Waals surface area contributed by atoms with E-state index in [0.717, 1.165) is 48.6 Å². The second-order valence-corrected chi connectivity index (χ2v) is 14.8. The molecular formula is C42H45N9O6. The highest BCUT2D eigenvalue weighted by Gasteiger charge is 2.27. The summed E-state index contributed by atoms with van der Waals surface area (Å²) in [6, 6.07) is 0. The van der Waals surface area contributed by atoms with Gasteiger partial charge in [-0.1, -0.05) is 18.2 Å². The predicted molar refractivity (Wildman–Crippen MR) is 217 cm³/mol. The summed E-state index contributed by atoms with van der Waals surface area (Å²) in [5.74, 6) is 0. The molecule has 0 saturated carbocycles. The summed E-state index contributed by atoms with van der Waals surface area (Å²) in [5, 5.41) is 41.8. The molecule has 1 fully saturated rings. The Kier molecular flexibility index (Phi) is 11.8. The van der Waals surface area contributed by atoms with Crippen LogP contribution in [0.5, 0.6) is 0 Å². The molecule has 7 aliphatic rings. The van der Waals surface area contributed by atoms with Gasteiger partial charge in [0.05, 0.1) is 14.3 Å². The van der Waals surface area contributed by atoms with Crippen molar-refractivity contribution in [3.8, 4) is 0 Å². The van der Waals surface area contributed by atoms with Gasteiger partial charge < -0.3 is 30.8 Å². The molecule has 7 aliphatic heterocycles. The second-order valence-electron chi connectivity index (χ2n) is 14.8. The Hall–Kier alpha value is -5.94. The smallest absolute Gasteiger partial charge is 0.285 e. The maximum Gasteiger partial charge on any atom is 0.285 e. The van der Waals surface area contributed by atoms with Gasteiger partial charge >= 0.3 is 0 Å². The maximum absolute atomic E-state index is 13.2. The van der Waals surface area contributed by atoms with Gasteiger partial charge in [-0.2, -0.15) is 0 Å². The van der Waals surface area contributed by atoms with Crippen LogP contribution in [0, 0.1) is 30.3 Å². The molecule has 0 spiro atoms. The van der Waals surface area contributed by atoms with Crippen LogP contribution in [0.3, 0.4) is 0 Å². The van der Waals surface area contributed by atoms with Gasteiger partial charge in [0, 0.05) is 109 Å². The second kappa shape index (κ2) is 17.1. The van der Waals surface area contributed by atoms with Gasteiger partial charge in [-0.25, -0.2) is 0 Å². The van der Waals surface area contributed by atoms with E-state index in [4.69, 9.17) is 0 Å². The van der Waals surface area contributed by atoms with Gasteiger partial charge in [0.1, 0.15) is 17.1 Å². The SMILES string of the molecule is CC1=C[N+](=O)C(=C2C=CC(CN3CCN(CC4=CN([O-])C(=C5C=CC(C)=C[N+]5=O)C=C4)CCN(CC4=CN([O-])C(=C5C=CC(C)=C[N+]5=O)C=C4)CC3)=CN2[O-])C=C1. The predicted octanol–water partition coefficient (Wildman–Crippen LogP) is 6.06. The van der Waals surface area contributed by atoms with Crippen molar-refractivity contribution in [2.45, 2.75) is 20.8 Å².